The van der Waals surface area contributed by atoms with Crippen LogP contribution in [0.2, 0.25) is 0 Å². The highest BCUT2D eigenvalue weighted by atomic mass is 32.2. The molecule has 3 rings (SSSR count). The number of allylic oxidation sites excluding steroid dienone is 1. The van der Waals surface area contributed by atoms with E-state index in [9.17, 15) is 4.79 Å². The zero-order valence-electron chi connectivity index (χ0n) is 18.3. The van der Waals surface area contributed by atoms with Crippen molar-refractivity contribution in [2.75, 3.05) is 31.8 Å². The number of carbonyl (C=O) groups is 1. The Morgan fingerprint density at radius 3 is 2.68 bits per heavy atom. The third-order valence-electron chi connectivity index (χ3n) is 5.25. The van der Waals surface area contributed by atoms with Crippen LogP contribution in [-0.4, -0.2) is 37.8 Å². The molecule has 5 heteroatoms. The van der Waals surface area contributed by atoms with Gasteiger partial charge in [-0.05, 0) is 78.3 Å². The second-order valence-electron chi connectivity index (χ2n) is 7.40. The molecule has 0 aliphatic heterocycles. The summed E-state index contributed by atoms with van der Waals surface area (Å²) in [5.74, 6) is 3.04. The molecule has 164 valence electrons. The van der Waals surface area contributed by atoms with Gasteiger partial charge in [-0.2, -0.15) is 11.8 Å². The number of benzene rings is 2. The van der Waals surface area contributed by atoms with Crippen LogP contribution >= 0.6 is 11.8 Å². The van der Waals surface area contributed by atoms with Gasteiger partial charge in [0.25, 0.3) is 0 Å². The van der Waals surface area contributed by atoms with Crippen LogP contribution in [0, 0.1) is 6.92 Å². The summed E-state index contributed by atoms with van der Waals surface area (Å²) in [6, 6.07) is 12.7. The molecule has 4 nitrogen and oxygen atoms in total. The van der Waals surface area contributed by atoms with Crippen LogP contribution in [0.5, 0.6) is 11.5 Å². The highest BCUT2D eigenvalue weighted by Crippen LogP contribution is 2.33. The first-order chi connectivity index (χ1) is 15.1. The van der Waals surface area contributed by atoms with Gasteiger partial charge in [0.05, 0.1) is 13.7 Å². The first kappa shape index (κ1) is 23.0. The molecule has 0 radical (unpaired) electrons. The molecule has 0 N–H and O–H groups in total. The van der Waals surface area contributed by atoms with Crippen LogP contribution in [0.4, 0.5) is 0 Å². The summed E-state index contributed by atoms with van der Waals surface area (Å²) in [6.45, 7) is 6.55. The average Bonchev–Trinajstić information content (AvgIpc) is 3.00. The zero-order valence-corrected chi connectivity index (χ0v) is 19.1. The van der Waals surface area contributed by atoms with E-state index in [-0.39, 0.29) is 5.97 Å². The number of ether oxygens (including phenoxy) is 3. The Balaban J connectivity index is 1.57. The van der Waals surface area contributed by atoms with E-state index in [1.807, 2.05) is 6.07 Å². The van der Waals surface area contributed by atoms with E-state index in [0.717, 1.165) is 42.3 Å². The van der Waals surface area contributed by atoms with Crippen molar-refractivity contribution in [2.24, 2.45) is 0 Å². The molecule has 1 aliphatic rings. The van der Waals surface area contributed by atoms with Crippen LogP contribution in [0.15, 0.2) is 49.1 Å². The normalized spacial score (nSPS) is 12.9. The lowest BCUT2D eigenvalue weighted by atomic mass is 9.96. The van der Waals surface area contributed by atoms with Crippen molar-refractivity contribution in [1.29, 1.82) is 0 Å². The van der Waals surface area contributed by atoms with Crippen LogP contribution in [0.25, 0.3) is 11.6 Å². The maximum Gasteiger partial charge on any atom is 0.330 e. The van der Waals surface area contributed by atoms with Gasteiger partial charge in [0.2, 0.25) is 0 Å². The van der Waals surface area contributed by atoms with Crippen molar-refractivity contribution in [3.05, 3.63) is 71.3 Å². The molecule has 0 amide bonds. The summed E-state index contributed by atoms with van der Waals surface area (Å²) >= 11 is 1.70. The minimum absolute atomic E-state index is 0.374. The third-order valence-corrected chi connectivity index (χ3v) is 6.16. The number of rotatable bonds is 10. The summed E-state index contributed by atoms with van der Waals surface area (Å²) in [5, 5.41) is 0. The lowest BCUT2D eigenvalue weighted by Crippen LogP contribution is -2.06. The Kier molecular flexibility index (Phi) is 8.65. The molecule has 0 bridgehead atoms. The van der Waals surface area contributed by atoms with Crippen LogP contribution in [0.1, 0.15) is 35.1 Å². The number of aryl methyl sites for hydroxylation is 2. The van der Waals surface area contributed by atoms with E-state index < -0.39 is 0 Å². The Labute approximate surface area is 189 Å². The molecule has 0 atom stereocenters. The molecule has 0 heterocycles. The molecule has 0 unspecified atom stereocenters. The van der Waals surface area contributed by atoms with Crippen molar-refractivity contribution in [1.82, 2.24) is 0 Å². The monoisotopic (exact) mass is 438 g/mol. The van der Waals surface area contributed by atoms with Crippen molar-refractivity contribution in [3.63, 3.8) is 0 Å². The molecular formula is C26H30O4S. The van der Waals surface area contributed by atoms with Crippen LogP contribution in [-0.2, 0) is 16.0 Å². The molecule has 1 aliphatic carbocycles. The lowest BCUT2D eigenvalue weighted by Gasteiger charge is -2.11. The van der Waals surface area contributed by atoms with Crippen molar-refractivity contribution < 1.29 is 19.0 Å². The number of hydrogen-bond donors (Lipinski definition) is 0. The Morgan fingerprint density at radius 1 is 1.10 bits per heavy atom. The van der Waals surface area contributed by atoms with E-state index in [2.05, 4.69) is 49.9 Å². The van der Waals surface area contributed by atoms with E-state index >= 15 is 0 Å². The second kappa shape index (κ2) is 11.7. The minimum atomic E-state index is -0.374. The average molecular weight is 439 g/mol. The fraction of sp³-hybridized carbons (Fsp3) is 0.346. The number of thioether (sulfide) groups is 1. The predicted molar refractivity (Wildman–Crippen MR) is 129 cm³/mol. The fourth-order valence-electron chi connectivity index (χ4n) is 3.67. The van der Waals surface area contributed by atoms with E-state index in [0.29, 0.717) is 13.2 Å². The Bertz CT molecular complexity index is 948. The zero-order chi connectivity index (χ0) is 22.1. The van der Waals surface area contributed by atoms with Gasteiger partial charge < -0.3 is 14.2 Å². The SMILES string of the molecule is C=CC(=O)OCCSCCOc1ccc2c(c1)CCCC(c1ccc(OC)cc1C)=C2. The summed E-state index contributed by atoms with van der Waals surface area (Å²) < 4.78 is 16.2. The van der Waals surface area contributed by atoms with Gasteiger partial charge in [-0.3, -0.25) is 0 Å². The van der Waals surface area contributed by atoms with Gasteiger partial charge in [-0.15, -0.1) is 0 Å². The van der Waals surface area contributed by atoms with Gasteiger partial charge in [0.15, 0.2) is 0 Å². The first-order valence-corrected chi connectivity index (χ1v) is 11.7. The largest absolute Gasteiger partial charge is 0.497 e. The molecule has 31 heavy (non-hydrogen) atoms. The summed E-state index contributed by atoms with van der Waals surface area (Å²) in [7, 11) is 1.70. The van der Waals surface area contributed by atoms with Crippen LogP contribution < -0.4 is 9.47 Å². The fourth-order valence-corrected chi connectivity index (χ4v) is 4.28. The standard InChI is InChI=1S/C26H30O4S/c1-4-26(27)30-13-15-31-14-12-29-24-9-8-21-17-22(7-5-6-20(21)18-24)25-11-10-23(28-3)16-19(25)2/h4,8-11,16-18H,1,5-7,12-15H2,2-3H3. The quantitative estimate of drug-likeness (QED) is 0.270. The van der Waals surface area contributed by atoms with Crippen molar-refractivity contribution in [3.8, 4) is 11.5 Å². The molecule has 0 spiro atoms. The van der Waals surface area contributed by atoms with Crippen molar-refractivity contribution in [2.45, 2.75) is 26.2 Å². The van der Waals surface area contributed by atoms with E-state index in [1.165, 1.54) is 33.9 Å². The van der Waals surface area contributed by atoms with Gasteiger partial charge in [0, 0.05) is 17.6 Å². The highest BCUT2D eigenvalue weighted by Gasteiger charge is 2.13. The molecule has 0 aromatic heterocycles. The maximum absolute atomic E-state index is 11.0. The van der Waals surface area contributed by atoms with Crippen LogP contribution in [0.3, 0.4) is 0 Å². The summed E-state index contributed by atoms with van der Waals surface area (Å²) in [6.07, 6.45) is 6.73. The van der Waals surface area contributed by atoms with Gasteiger partial charge in [-0.1, -0.05) is 24.8 Å². The molecule has 0 fully saturated rings. The lowest BCUT2D eigenvalue weighted by molar-refractivity contribution is -0.137. The van der Waals surface area contributed by atoms with Gasteiger partial charge in [-0.25, -0.2) is 4.79 Å². The van der Waals surface area contributed by atoms with Crippen molar-refractivity contribution >= 4 is 29.4 Å². The highest BCUT2D eigenvalue weighted by molar-refractivity contribution is 7.99. The number of carbonyl (C=O) groups excluding carboxylic acids is 1. The topological polar surface area (TPSA) is 44.8 Å². The number of hydrogen-bond acceptors (Lipinski definition) is 5. The van der Waals surface area contributed by atoms with E-state index in [1.54, 1.807) is 18.9 Å². The minimum Gasteiger partial charge on any atom is -0.497 e. The smallest absolute Gasteiger partial charge is 0.330 e. The summed E-state index contributed by atoms with van der Waals surface area (Å²) in [4.78, 5) is 11.0. The number of methoxy groups -OCH3 is 1. The maximum atomic E-state index is 11.0. The third kappa shape index (κ3) is 6.66. The molecular weight excluding hydrogens is 408 g/mol. The Hall–Kier alpha value is -2.66. The number of fused-ring (bicyclic) bond motifs is 1. The second-order valence-corrected chi connectivity index (χ2v) is 8.62. The van der Waals surface area contributed by atoms with Gasteiger partial charge in [0.1, 0.15) is 18.1 Å². The molecule has 2 aromatic rings. The summed E-state index contributed by atoms with van der Waals surface area (Å²) in [5.41, 5.74) is 6.52. The first-order valence-electron chi connectivity index (χ1n) is 10.6. The van der Waals surface area contributed by atoms with Gasteiger partial charge >= 0.3 is 5.97 Å². The Morgan fingerprint density at radius 2 is 1.90 bits per heavy atom. The molecule has 0 saturated heterocycles. The number of esters is 1. The predicted octanol–water partition coefficient (Wildman–Crippen LogP) is 5.72. The molecule has 2 aromatic carbocycles. The van der Waals surface area contributed by atoms with E-state index in [4.69, 9.17) is 14.2 Å². The molecule has 0 saturated carbocycles.